The van der Waals surface area contributed by atoms with Crippen molar-refractivity contribution in [3.63, 3.8) is 0 Å². The van der Waals surface area contributed by atoms with Gasteiger partial charge in [-0.2, -0.15) is 0 Å². The van der Waals surface area contributed by atoms with Gasteiger partial charge in [-0.15, -0.1) is 0 Å². The largest absolute Gasteiger partial charge is 0.467 e. The third-order valence-corrected chi connectivity index (χ3v) is 7.65. The lowest BCUT2D eigenvalue weighted by Gasteiger charge is -2.19. The van der Waals surface area contributed by atoms with E-state index in [-0.39, 0.29) is 17.3 Å². The van der Waals surface area contributed by atoms with Crippen LogP contribution in [0.25, 0.3) is 10.2 Å². The molecule has 0 radical (unpaired) electrons. The number of furan rings is 1. The molecule has 160 valence electrons. The van der Waals surface area contributed by atoms with Gasteiger partial charge in [-0.1, -0.05) is 17.4 Å². The molecule has 0 aliphatic heterocycles. The van der Waals surface area contributed by atoms with Gasteiger partial charge in [0.25, 0.3) is 5.91 Å². The van der Waals surface area contributed by atoms with Crippen molar-refractivity contribution in [1.82, 2.24) is 9.29 Å². The first-order chi connectivity index (χ1) is 14.8. The van der Waals surface area contributed by atoms with Gasteiger partial charge in [0.1, 0.15) is 5.76 Å². The Bertz CT molecular complexity index is 1330. The Morgan fingerprint density at radius 2 is 1.84 bits per heavy atom. The zero-order valence-electron chi connectivity index (χ0n) is 17.3. The number of amides is 1. The number of carbonyl (C=O) groups excluding carboxylic acids is 1. The highest BCUT2D eigenvalue weighted by Crippen LogP contribution is 2.31. The van der Waals surface area contributed by atoms with Crippen molar-refractivity contribution >= 4 is 42.6 Å². The lowest BCUT2D eigenvalue weighted by molar-refractivity contribution is 0.0983. The van der Waals surface area contributed by atoms with Crippen LogP contribution in [0.2, 0.25) is 0 Å². The van der Waals surface area contributed by atoms with E-state index in [0.717, 1.165) is 20.1 Å². The van der Waals surface area contributed by atoms with Crippen LogP contribution in [0.3, 0.4) is 0 Å². The van der Waals surface area contributed by atoms with Gasteiger partial charge >= 0.3 is 0 Å². The maximum Gasteiger partial charge on any atom is 0.260 e. The monoisotopic (exact) mass is 455 g/mol. The van der Waals surface area contributed by atoms with Gasteiger partial charge in [0, 0.05) is 19.7 Å². The van der Waals surface area contributed by atoms with Gasteiger partial charge in [0.15, 0.2) is 5.13 Å². The van der Waals surface area contributed by atoms with Crippen LogP contribution >= 0.6 is 11.3 Å². The van der Waals surface area contributed by atoms with Crippen LogP contribution in [0, 0.1) is 6.92 Å². The number of benzene rings is 2. The molecule has 2 aromatic heterocycles. The first-order valence-electron chi connectivity index (χ1n) is 9.50. The average molecular weight is 456 g/mol. The number of anilines is 1. The van der Waals surface area contributed by atoms with Crippen LogP contribution in [-0.4, -0.2) is 37.7 Å². The highest BCUT2D eigenvalue weighted by Gasteiger charge is 2.24. The van der Waals surface area contributed by atoms with Gasteiger partial charge in [-0.25, -0.2) is 17.7 Å². The Balaban J connectivity index is 1.71. The number of aromatic nitrogens is 1. The second kappa shape index (κ2) is 8.26. The molecule has 1 amide bonds. The number of sulfonamides is 1. The molecular formula is C22H21N3O4S2. The second-order valence-corrected chi connectivity index (χ2v) is 10.4. The van der Waals surface area contributed by atoms with Crippen LogP contribution in [0.1, 0.15) is 21.7 Å². The fraction of sp³-hybridized carbons (Fsp3) is 0.182. The molecule has 0 saturated heterocycles. The van der Waals surface area contributed by atoms with Gasteiger partial charge < -0.3 is 4.42 Å². The van der Waals surface area contributed by atoms with Crippen LogP contribution in [0.15, 0.2) is 70.2 Å². The van der Waals surface area contributed by atoms with Gasteiger partial charge in [-0.05, 0) is 61.0 Å². The summed E-state index contributed by atoms with van der Waals surface area (Å²) >= 11 is 1.43. The summed E-state index contributed by atoms with van der Waals surface area (Å²) in [6.07, 6.45) is 1.56. The third-order valence-electron chi connectivity index (χ3n) is 4.78. The van der Waals surface area contributed by atoms with Crippen molar-refractivity contribution in [2.45, 2.75) is 18.4 Å². The Kier molecular flexibility index (Phi) is 5.65. The van der Waals surface area contributed by atoms with Crippen LogP contribution in [-0.2, 0) is 16.6 Å². The van der Waals surface area contributed by atoms with Gasteiger partial charge in [0.2, 0.25) is 10.0 Å². The molecule has 4 rings (SSSR count). The molecule has 4 aromatic rings. The van der Waals surface area contributed by atoms with E-state index in [0.29, 0.717) is 16.5 Å². The minimum Gasteiger partial charge on any atom is -0.467 e. The minimum atomic E-state index is -3.57. The molecule has 0 aliphatic rings. The molecule has 0 spiro atoms. The minimum absolute atomic E-state index is 0.127. The lowest BCUT2D eigenvalue weighted by Crippen LogP contribution is -2.30. The van der Waals surface area contributed by atoms with Crippen molar-refractivity contribution in [2.75, 3.05) is 19.0 Å². The van der Waals surface area contributed by atoms with Crippen molar-refractivity contribution in [3.05, 3.63) is 77.7 Å². The molecule has 2 heterocycles. The highest BCUT2D eigenvalue weighted by molar-refractivity contribution is 7.89. The van der Waals surface area contributed by atoms with Crippen molar-refractivity contribution < 1.29 is 17.6 Å². The summed E-state index contributed by atoms with van der Waals surface area (Å²) in [4.78, 5) is 19.7. The van der Waals surface area contributed by atoms with Gasteiger partial charge in [-0.3, -0.25) is 9.69 Å². The van der Waals surface area contributed by atoms with E-state index in [1.807, 2.05) is 25.1 Å². The number of carbonyl (C=O) groups is 1. The van der Waals surface area contributed by atoms with E-state index in [4.69, 9.17) is 4.42 Å². The summed E-state index contributed by atoms with van der Waals surface area (Å²) in [5.41, 5.74) is 2.29. The molecule has 7 nitrogen and oxygen atoms in total. The number of fused-ring (bicyclic) bond motifs is 1. The maximum atomic E-state index is 13.4. The van der Waals surface area contributed by atoms with Crippen LogP contribution < -0.4 is 4.90 Å². The summed E-state index contributed by atoms with van der Waals surface area (Å²) in [7, 11) is -0.638. The molecule has 0 N–H and O–H groups in total. The smallest absolute Gasteiger partial charge is 0.260 e. The zero-order valence-corrected chi connectivity index (χ0v) is 18.9. The summed E-state index contributed by atoms with van der Waals surface area (Å²) in [5.74, 6) is 0.330. The first kappa shape index (κ1) is 21.2. The highest BCUT2D eigenvalue weighted by atomic mass is 32.2. The molecule has 0 saturated carbocycles. The molecule has 9 heteroatoms. The van der Waals surface area contributed by atoms with Gasteiger partial charge in [0.05, 0.1) is 27.9 Å². The summed E-state index contributed by atoms with van der Waals surface area (Å²) in [5, 5.41) is 0.548. The average Bonchev–Trinajstić information content (AvgIpc) is 3.40. The predicted octanol–water partition coefficient (Wildman–Crippen LogP) is 4.30. The second-order valence-electron chi connectivity index (χ2n) is 7.25. The molecule has 0 bridgehead atoms. The normalized spacial score (nSPS) is 11.9. The van der Waals surface area contributed by atoms with Crippen molar-refractivity contribution in [1.29, 1.82) is 0 Å². The van der Waals surface area contributed by atoms with E-state index >= 15 is 0 Å². The SMILES string of the molecule is Cc1ccc2nc(N(Cc3ccco3)C(=O)c3ccc(S(=O)(=O)N(C)C)cc3)sc2c1. The summed E-state index contributed by atoms with van der Waals surface area (Å²) < 4.78 is 32.2. The molecule has 2 aromatic carbocycles. The number of aryl methyl sites for hydroxylation is 1. The fourth-order valence-corrected chi connectivity index (χ4v) is 5.02. The molecule has 31 heavy (non-hydrogen) atoms. The predicted molar refractivity (Wildman–Crippen MR) is 121 cm³/mol. The Hall–Kier alpha value is -3.01. The molecular weight excluding hydrogens is 434 g/mol. The fourth-order valence-electron chi connectivity index (χ4n) is 3.06. The molecule has 0 fully saturated rings. The number of hydrogen-bond acceptors (Lipinski definition) is 6. The topological polar surface area (TPSA) is 83.7 Å². The van der Waals surface area contributed by atoms with Crippen LogP contribution in [0.5, 0.6) is 0 Å². The first-order valence-corrected chi connectivity index (χ1v) is 11.8. The number of hydrogen-bond donors (Lipinski definition) is 0. The number of thiazole rings is 1. The van der Waals surface area contributed by atoms with E-state index in [1.54, 1.807) is 23.3 Å². The molecule has 0 aliphatic carbocycles. The number of rotatable bonds is 6. The standard InChI is InChI=1S/C22H21N3O4S2/c1-15-6-11-19-20(13-15)30-22(23-19)25(14-17-5-4-12-29-17)21(26)16-7-9-18(10-8-16)31(27,28)24(2)3/h4-13H,14H2,1-3H3. The summed E-state index contributed by atoms with van der Waals surface area (Å²) in [6.45, 7) is 2.22. The summed E-state index contributed by atoms with van der Waals surface area (Å²) in [6, 6.07) is 15.4. The van der Waals surface area contributed by atoms with E-state index in [9.17, 15) is 13.2 Å². The molecule has 0 unspecified atom stereocenters. The Labute approximate surface area is 184 Å². The third kappa shape index (κ3) is 4.25. The molecule has 0 atom stereocenters. The van der Waals surface area contributed by atoms with Crippen LogP contribution in [0.4, 0.5) is 5.13 Å². The Morgan fingerprint density at radius 3 is 2.48 bits per heavy atom. The van der Waals surface area contributed by atoms with Crippen molar-refractivity contribution in [2.24, 2.45) is 0 Å². The zero-order chi connectivity index (χ0) is 22.2. The van der Waals surface area contributed by atoms with E-state index in [1.165, 1.54) is 49.7 Å². The lowest BCUT2D eigenvalue weighted by atomic mass is 10.2. The Morgan fingerprint density at radius 1 is 1.10 bits per heavy atom. The quantitative estimate of drug-likeness (QED) is 0.433. The van der Waals surface area contributed by atoms with E-state index < -0.39 is 10.0 Å². The maximum absolute atomic E-state index is 13.4. The van der Waals surface area contributed by atoms with E-state index in [2.05, 4.69) is 4.98 Å². The van der Waals surface area contributed by atoms with Crippen molar-refractivity contribution in [3.8, 4) is 0 Å². The number of nitrogens with zero attached hydrogens (tertiary/aromatic N) is 3.